The highest BCUT2D eigenvalue weighted by Gasteiger charge is 2.45. The third-order valence-electron chi connectivity index (χ3n) is 18.0. The average molecular weight is 1010 g/mol. The van der Waals surface area contributed by atoms with E-state index in [0.717, 1.165) is 11.4 Å². The maximum absolute atomic E-state index is 2.71. The fraction of sp³-hybridized carbons (Fsp3) is 0.0959. The molecule has 0 fully saturated rings. The molecule has 4 nitrogen and oxygen atoms in total. The highest BCUT2D eigenvalue weighted by Crippen LogP contribution is 2.49. The van der Waals surface area contributed by atoms with Crippen LogP contribution in [0.4, 0.5) is 28.4 Å². The second-order valence-electron chi connectivity index (χ2n) is 22.8. The van der Waals surface area contributed by atoms with Gasteiger partial charge >= 0.3 is 13.7 Å². The normalized spacial score (nSPS) is 12.9. The van der Waals surface area contributed by atoms with Crippen molar-refractivity contribution in [3.8, 4) is 44.5 Å². The van der Waals surface area contributed by atoms with Gasteiger partial charge in [-0.2, -0.15) is 0 Å². The summed E-state index contributed by atoms with van der Waals surface area (Å²) in [5, 5.41) is 5.12. The summed E-state index contributed by atoms with van der Waals surface area (Å²) in [5.74, 6) is 0. The van der Waals surface area contributed by atoms with Crippen LogP contribution in [-0.4, -0.2) is 29.7 Å². The van der Waals surface area contributed by atoms with E-state index in [2.05, 4.69) is 280 Å². The molecular formula is C73H56B2N4. The summed E-state index contributed by atoms with van der Waals surface area (Å²) in [6, 6.07) is 81.2. The first-order valence-electron chi connectivity index (χ1n) is 28.0. The summed E-state index contributed by atoms with van der Waals surface area (Å²) >= 11 is 0. The second kappa shape index (κ2) is 16.9. The number of aromatic nitrogens is 2. The van der Waals surface area contributed by atoms with Gasteiger partial charge in [0.15, 0.2) is 0 Å². The third-order valence-corrected chi connectivity index (χ3v) is 18.0. The molecule has 3 aliphatic heterocycles. The van der Waals surface area contributed by atoms with E-state index in [1.54, 1.807) is 0 Å². The van der Waals surface area contributed by atoms with Crippen molar-refractivity contribution in [2.75, 3.05) is 16.8 Å². The van der Waals surface area contributed by atoms with Crippen molar-refractivity contribution >= 4 is 108 Å². The fourth-order valence-corrected chi connectivity index (χ4v) is 15.2. The molecule has 0 saturated heterocycles. The van der Waals surface area contributed by atoms with E-state index in [9.17, 15) is 0 Å². The van der Waals surface area contributed by atoms with Crippen LogP contribution in [0.2, 0.25) is 0 Å². The molecule has 2 aromatic heterocycles. The molecule has 374 valence electrons. The van der Waals surface area contributed by atoms with Crippen molar-refractivity contribution in [2.24, 2.45) is 0 Å². The Balaban J connectivity index is 1.04. The maximum Gasteiger partial charge on any atom is 0.333 e. The zero-order chi connectivity index (χ0) is 53.1. The van der Waals surface area contributed by atoms with Crippen LogP contribution in [0.5, 0.6) is 0 Å². The monoisotopic (exact) mass is 1010 g/mol. The Hall–Kier alpha value is -9.25. The van der Waals surface area contributed by atoms with E-state index in [4.69, 9.17) is 0 Å². The Morgan fingerprint density at radius 2 is 0.873 bits per heavy atom. The minimum atomic E-state index is -0.203. The lowest BCUT2D eigenvalue weighted by atomic mass is 9.42. The number of para-hydroxylation sites is 6. The van der Waals surface area contributed by atoms with Gasteiger partial charge in [-0.25, -0.2) is 0 Å². The summed E-state index contributed by atoms with van der Waals surface area (Å²) in [6.07, 6.45) is 0. The smallest absolute Gasteiger partial charge is 0.333 e. The Bertz CT molecular complexity index is 4730. The summed E-state index contributed by atoms with van der Waals surface area (Å²) in [6.45, 7) is 13.2. The molecule has 0 bridgehead atoms. The van der Waals surface area contributed by atoms with Gasteiger partial charge in [-0.15, -0.1) is 0 Å². The zero-order valence-corrected chi connectivity index (χ0v) is 45.7. The molecule has 0 aliphatic carbocycles. The molecule has 0 spiro atoms. The van der Waals surface area contributed by atoms with Gasteiger partial charge in [0, 0.05) is 90.2 Å². The molecule has 0 saturated carbocycles. The number of nitrogens with zero attached hydrogens (tertiary/aromatic N) is 4. The molecule has 0 radical (unpaired) electrons. The van der Waals surface area contributed by atoms with Gasteiger partial charge in [-0.3, -0.25) is 0 Å². The Kier molecular flexibility index (Phi) is 9.80. The molecule has 11 aromatic carbocycles. The standard InChI is InChI=1S/C73H56B2N4/c1-43-34-45(3)68(46(4)35-43)49-38-60-58-28-18-26-56-54-24-14-16-30-63(54)78(72(56)58)74(70(60)66(40-49)76(7)52-20-10-8-11-21-52)51-32-33-65-62(42-51)75-71-61(59-29-19-27-57-55-25-15-17-31-64(55)79(75)73(57)59)39-50(69-47(5)36-44(2)37-48(69)6)41-67(71)77(65)53-22-12-9-13-23-53/h8-42H,1-7H3. The zero-order valence-electron chi connectivity index (χ0n) is 45.7. The van der Waals surface area contributed by atoms with Crippen LogP contribution in [-0.2, 0) is 0 Å². The lowest BCUT2D eigenvalue weighted by molar-refractivity contribution is 1.21. The van der Waals surface area contributed by atoms with Crippen LogP contribution in [0.3, 0.4) is 0 Å². The molecule has 0 unspecified atom stereocenters. The Morgan fingerprint density at radius 1 is 0.380 bits per heavy atom. The van der Waals surface area contributed by atoms with Crippen molar-refractivity contribution in [2.45, 2.75) is 41.5 Å². The van der Waals surface area contributed by atoms with Gasteiger partial charge in [0.05, 0.1) is 0 Å². The van der Waals surface area contributed by atoms with Gasteiger partial charge in [0.1, 0.15) is 0 Å². The lowest BCUT2D eigenvalue weighted by Gasteiger charge is -2.41. The largest absolute Gasteiger partial charge is 0.375 e. The highest BCUT2D eigenvalue weighted by molar-refractivity contribution is 6.92. The molecule has 0 atom stereocenters. The molecule has 5 heterocycles. The molecule has 13 aromatic rings. The summed E-state index contributed by atoms with van der Waals surface area (Å²) in [5.41, 5.74) is 34.1. The topological polar surface area (TPSA) is 16.3 Å². The van der Waals surface area contributed by atoms with E-state index >= 15 is 0 Å². The SMILES string of the molecule is Cc1cc(C)c(-c2cc3c(c(N(C)c4ccccc4)c2)B(c2ccc4c(c2)B2c5c(cc(-c6c(C)cc(C)cc6C)cc5N4c4ccccc4)-c4cccc5c6ccccc6n2c45)n2c4ccccc4c4cccc-3c42)c(C)c1. The average Bonchev–Trinajstić information content (AvgIpc) is 3.25. The van der Waals surface area contributed by atoms with Gasteiger partial charge in [0.2, 0.25) is 0 Å². The van der Waals surface area contributed by atoms with E-state index in [1.165, 1.54) is 160 Å². The molecule has 79 heavy (non-hydrogen) atoms. The number of hydrogen-bond acceptors (Lipinski definition) is 2. The molecular weight excluding hydrogens is 954 g/mol. The number of hydrogen-bond donors (Lipinski definition) is 0. The molecule has 16 rings (SSSR count). The van der Waals surface area contributed by atoms with Gasteiger partial charge < -0.3 is 18.8 Å². The predicted octanol–water partition coefficient (Wildman–Crippen LogP) is 15.9. The van der Waals surface area contributed by atoms with Gasteiger partial charge in [-0.1, -0.05) is 162 Å². The third kappa shape index (κ3) is 6.46. The van der Waals surface area contributed by atoms with Crippen LogP contribution in [0.25, 0.3) is 88.1 Å². The summed E-state index contributed by atoms with van der Waals surface area (Å²) in [7, 11) is 2.27. The van der Waals surface area contributed by atoms with Crippen LogP contribution in [0.1, 0.15) is 33.4 Å². The number of aryl methyl sites for hydroxylation is 6. The van der Waals surface area contributed by atoms with Crippen molar-refractivity contribution in [1.82, 2.24) is 8.96 Å². The fourth-order valence-electron chi connectivity index (χ4n) is 15.2. The first kappa shape index (κ1) is 45.9. The van der Waals surface area contributed by atoms with Gasteiger partial charge in [0.25, 0.3) is 0 Å². The molecule has 3 aliphatic rings. The number of rotatable bonds is 6. The predicted molar refractivity (Wildman–Crippen MR) is 339 cm³/mol. The van der Waals surface area contributed by atoms with Crippen molar-refractivity contribution < 1.29 is 0 Å². The maximum atomic E-state index is 2.71. The van der Waals surface area contributed by atoms with Gasteiger partial charge in [-0.05, 0) is 180 Å². The minimum absolute atomic E-state index is 0.135. The minimum Gasteiger partial charge on any atom is -0.375 e. The van der Waals surface area contributed by atoms with Crippen LogP contribution < -0.4 is 31.7 Å². The Labute approximate surface area is 462 Å². The summed E-state index contributed by atoms with van der Waals surface area (Å²) < 4.78 is 5.41. The highest BCUT2D eigenvalue weighted by atomic mass is 15.2. The summed E-state index contributed by atoms with van der Waals surface area (Å²) in [4.78, 5) is 5.02. The first-order chi connectivity index (χ1) is 38.6. The molecule has 0 amide bonds. The van der Waals surface area contributed by atoms with Crippen LogP contribution >= 0.6 is 0 Å². The van der Waals surface area contributed by atoms with Crippen LogP contribution in [0, 0.1) is 41.5 Å². The van der Waals surface area contributed by atoms with Crippen molar-refractivity contribution in [3.63, 3.8) is 0 Å². The molecule has 0 N–H and O–H groups in total. The van der Waals surface area contributed by atoms with Crippen molar-refractivity contribution in [1.29, 1.82) is 0 Å². The quantitative estimate of drug-likeness (QED) is 0.154. The number of fused-ring (bicyclic) bond motifs is 12. The molecule has 6 heteroatoms. The first-order valence-corrected chi connectivity index (χ1v) is 28.0. The second-order valence-corrected chi connectivity index (χ2v) is 22.8. The van der Waals surface area contributed by atoms with Crippen molar-refractivity contribution in [3.05, 3.63) is 246 Å². The lowest BCUT2D eigenvalue weighted by Crippen LogP contribution is -2.59. The van der Waals surface area contributed by atoms with E-state index in [0.29, 0.717) is 0 Å². The van der Waals surface area contributed by atoms with E-state index < -0.39 is 0 Å². The Morgan fingerprint density at radius 3 is 1.46 bits per heavy atom. The number of benzene rings is 11. The van der Waals surface area contributed by atoms with E-state index in [-0.39, 0.29) is 13.7 Å². The van der Waals surface area contributed by atoms with E-state index in [1.807, 2.05) is 0 Å². The number of anilines is 5. The van der Waals surface area contributed by atoms with Crippen LogP contribution in [0.15, 0.2) is 212 Å².